The van der Waals surface area contributed by atoms with E-state index >= 15 is 0 Å². The summed E-state index contributed by atoms with van der Waals surface area (Å²) < 4.78 is 6.66. The van der Waals surface area contributed by atoms with Gasteiger partial charge in [0.1, 0.15) is 11.4 Å². The molecule has 0 spiro atoms. The lowest BCUT2D eigenvalue weighted by Gasteiger charge is -2.05. The number of nitrogens with two attached hydrogens (primary N) is 1. The van der Waals surface area contributed by atoms with Gasteiger partial charge in [-0.05, 0) is 55.4 Å². The van der Waals surface area contributed by atoms with Crippen molar-refractivity contribution in [2.75, 3.05) is 13.7 Å². The lowest BCUT2D eigenvalue weighted by atomic mass is 10.1. The van der Waals surface area contributed by atoms with Crippen LogP contribution in [-0.4, -0.2) is 39.5 Å². The van der Waals surface area contributed by atoms with Crippen molar-refractivity contribution in [1.29, 1.82) is 0 Å². The molecular weight excluding hydrogens is 368 g/mol. The fourth-order valence-corrected chi connectivity index (χ4v) is 2.65. The summed E-state index contributed by atoms with van der Waals surface area (Å²) in [4.78, 5) is 15.9. The molecule has 0 atom stereocenters. The highest BCUT2D eigenvalue weighted by Gasteiger charge is 2.15. The Kier molecular flexibility index (Phi) is 6.92. The second-order valence-electron chi connectivity index (χ2n) is 5.74. The average Bonchev–Trinajstić information content (AvgIpc) is 3.11. The van der Waals surface area contributed by atoms with E-state index < -0.39 is 5.97 Å². The van der Waals surface area contributed by atoms with E-state index in [-0.39, 0.29) is 18.1 Å². The number of carboxylic acid groups (broad SMARTS) is 1. The first-order chi connectivity index (χ1) is 12.6. The standard InChI is InChI=1S/C19H20N4O3.ClH/c1-26-15-5-3-13(4-6-15)16-11-14(7-9-21-16)17-12-18(19(24)25)23(22-17)10-2-8-20;/h3-7,9,11-12H,2,8,10,20H2,1H3,(H,24,25);1H. The molecule has 2 aromatic heterocycles. The topological polar surface area (TPSA) is 103 Å². The van der Waals surface area contributed by atoms with E-state index in [0.717, 1.165) is 22.6 Å². The van der Waals surface area contributed by atoms with E-state index in [1.165, 1.54) is 4.68 Å². The van der Waals surface area contributed by atoms with Crippen LogP contribution >= 0.6 is 12.4 Å². The number of benzene rings is 1. The maximum Gasteiger partial charge on any atom is 0.354 e. The zero-order valence-electron chi connectivity index (χ0n) is 14.8. The maximum absolute atomic E-state index is 11.5. The van der Waals surface area contributed by atoms with Gasteiger partial charge in [0.05, 0.1) is 18.5 Å². The van der Waals surface area contributed by atoms with E-state index in [1.54, 1.807) is 19.4 Å². The molecule has 7 nitrogen and oxygen atoms in total. The number of carboxylic acids is 1. The predicted octanol–water partition coefficient (Wildman–Crippen LogP) is 3.09. The number of ether oxygens (including phenoxy) is 1. The molecule has 0 radical (unpaired) electrons. The molecule has 2 heterocycles. The number of nitrogens with zero attached hydrogens (tertiary/aromatic N) is 3. The van der Waals surface area contributed by atoms with Crippen LogP contribution in [0.3, 0.4) is 0 Å². The van der Waals surface area contributed by atoms with Crippen LogP contribution in [0.5, 0.6) is 5.75 Å². The van der Waals surface area contributed by atoms with E-state index in [9.17, 15) is 9.90 Å². The monoisotopic (exact) mass is 388 g/mol. The second kappa shape index (κ2) is 9.16. The highest BCUT2D eigenvalue weighted by atomic mass is 35.5. The van der Waals surface area contributed by atoms with Gasteiger partial charge in [0.2, 0.25) is 0 Å². The van der Waals surface area contributed by atoms with E-state index in [1.807, 2.05) is 36.4 Å². The van der Waals surface area contributed by atoms with Crippen molar-refractivity contribution in [1.82, 2.24) is 14.8 Å². The highest BCUT2D eigenvalue weighted by Crippen LogP contribution is 2.26. The Balaban J connectivity index is 0.00000261. The molecule has 0 aliphatic rings. The van der Waals surface area contributed by atoms with Crippen LogP contribution in [0.2, 0.25) is 0 Å². The van der Waals surface area contributed by atoms with Crippen LogP contribution < -0.4 is 10.5 Å². The molecular formula is C19H21ClN4O3. The molecule has 0 amide bonds. The summed E-state index contributed by atoms with van der Waals surface area (Å²) >= 11 is 0. The van der Waals surface area contributed by atoms with Crippen LogP contribution in [0.25, 0.3) is 22.5 Å². The summed E-state index contributed by atoms with van der Waals surface area (Å²) in [5, 5.41) is 13.8. The molecule has 27 heavy (non-hydrogen) atoms. The zero-order chi connectivity index (χ0) is 18.5. The van der Waals surface area contributed by atoms with Crippen molar-refractivity contribution in [2.45, 2.75) is 13.0 Å². The third-order valence-corrected chi connectivity index (χ3v) is 4.01. The molecule has 0 saturated heterocycles. The van der Waals surface area contributed by atoms with Crippen LogP contribution in [0, 0.1) is 0 Å². The van der Waals surface area contributed by atoms with Crippen LogP contribution in [0.15, 0.2) is 48.7 Å². The molecule has 0 saturated carbocycles. The number of pyridine rings is 1. The summed E-state index contributed by atoms with van der Waals surface area (Å²) in [6.45, 7) is 0.944. The van der Waals surface area contributed by atoms with Crippen molar-refractivity contribution in [3.05, 3.63) is 54.4 Å². The number of carbonyl (C=O) groups is 1. The zero-order valence-corrected chi connectivity index (χ0v) is 15.6. The van der Waals surface area contributed by atoms with E-state index in [4.69, 9.17) is 10.5 Å². The fourth-order valence-electron chi connectivity index (χ4n) is 2.65. The Bertz CT molecular complexity index is 910. The average molecular weight is 389 g/mol. The second-order valence-corrected chi connectivity index (χ2v) is 5.74. The predicted molar refractivity (Wildman–Crippen MR) is 105 cm³/mol. The summed E-state index contributed by atoms with van der Waals surface area (Å²) in [5.74, 6) is -0.236. The minimum Gasteiger partial charge on any atom is -0.497 e. The number of hydrogen-bond acceptors (Lipinski definition) is 5. The van der Waals surface area contributed by atoms with E-state index in [0.29, 0.717) is 25.2 Å². The first kappa shape index (κ1) is 20.4. The van der Waals surface area contributed by atoms with Crippen molar-refractivity contribution in [3.8, 4) is 28.3 Å². The minimum absolute atomic E-state index is 0. The van der Waals surface area contributed by atoms with Crippen LogP contribution in [-0.2, 0) is 6.54 Å². The van der Waals surface area contributed by atoms with Crippen LogP contribution in [0.1, 0.15) is 16.9 Å². The SMILES string of the molecule is COc1ccc(-c2cc(-c3cc(C(=O)O)n(CCCN)n3)ccn2)cc1.Cl. The summed E-state index contributed by atoms with van der Waals surface area (Å²) in [6.07, 6.45) is 2.35. The first-order valence-electron chi connectivity index (χ1n) is 8.24. The van der Waals surface area contributed by atoms with Gasteiger partial charge in [-0.1, -0.05) is 0 Å². The summed E-state index contributed by atoms with van der Waals surface area (Å²) in [6, 6.07) is 12.9. The Hall–Kier alpha value is -2.90. The van der Waals surface area contributed by atoms with Crippen molar-refractivity contribution < 1.29 is 14.6 Å². The third kappa shape index (κ3) is 4.64. The molecule has 3 rings (SSSR count). The Labute approximate surface area is 163 Å². The first-order valence-corrected chi connectivity index (χ1v) is 8.24. The number of rotatable bonds is 7. The van der Waals surface area contributed by atoms with Gasteiger partial charge in [0.25, 0.3) is 0 Å². The van der Waals surface area contributed by atoms with Crippen molar-refractivity contribution in [2.24, 2.45) is 5.73 Å². The molecule has 0 aliphatic heterocycles. The van der Waals surface area contributed by atoms with Gasteiger partial charge in [0.15, 0.2) is 0 Å². The highest BCUT2D eigenvalue weighted by molar-refractivity contribution is 5.87. The van der Waals surface area contributed by atoms with Gasteiger partial charge in [-0.25, -0.2) is 4.79 Å². The quantitative estimate of drug-likeness (QED) is 0.644. The smallest absolute Gasteiger partial charge is 0.354 e. The normalized spacial score (nSPS) is 10.3. The molecule has 1 aromatic carbocycles. The van der Waals surface area contributed by atoms with Gasteiger partial charge >= 0.3 is 5.97 Å². The largest absolute Gasteiger partial charge is 0.497 e. The van der Waals surface area contributed by atoms with Crippen molar-refractivity contribution in [3.63, 3.8) is 0 Å². The molecule has 0 bridgehead atoms. The number of hydrogen-bond donors (Lipinski definition) is 2. The number of aromatic carboxylic acids is 1. The Morgan fingerprint density at radius 3 is 2.52 bits per heavy atom. The molecule has 3 N–H and O–H groups in total. The van der Waals surface area contributed by atoms with Gasteiger partial charge in [-0.15, -0.1) is 12.4 Å². The van der Waals surface area contributed by atoms with Gasteiger partial charge in [0, 0.05) is 23.9 Å². The lowest BCUT2D eigenvalue weighted by Crippen LogP contribution is -2.12. The molecule has 8 heteroatoms. The summed E-state index contributed by atoms with van der Waals surface area (Å²) in [7, 11) is 1.62. The molecule has 142 valence electrons. The fraction of sp³-hybridized carbons (Fsp3) is 0.211. The summed E-state index contributed by atoms with van der Waals surface area (Å²) in [5.41, 5.74) is 8.78. The minimum atomic E-state index is -1.01. The molecule has 0 unspecified atom stereocenters. The molecule has 0 aliphatic carbocycles. The Morgan fingerprint density at radius 2 is 1.89 bits per heavy atom. The Morgan fingerprint density at radius 1 is 1.15 bits per heavy atom. The number of aromatic nitrogens is 3. The molecule has 3 aromatic rings. The van der Waals surface area contributed by atoms with Gasteiger partial charge in [-0.3, -0.25) is 9.67 Å². The number of halogens is 1. The third-order valence-electron chi connectivity index (χ3n) is 4.01. The number of methoxy groups -OCH3 is 1. The number of aryl methyl sites for hydroxylation is 1. The van der Waals surface area contributed by atoms with Crippen molar-refractivity contribution >= 4 is 18.4 Å². The lowest BCUT2D eigenvalue weighted by molar-refractivity contribution is 0.0683. The maximum atomic E-state index is 11.5. The van der Waals surface area contributed by atoms with Crippen LogP contribution in [0.4, 0.5) is 0 Å². The van der Waals surface area contributed by atoms with Gasteiger partial charge < -0.3 is 15.6 Å². The molecule has 0 fully saturated rings. The van der Waals surface area contributed by atoms with E-state index in [2.05, 4.69) is 10.1 Å². The van der Waals surface area contributed by atoms with Gasteiger partial charge in [-0.2, -0.15) is 5.10 Å².